The van der Waals surface area contributed by atoms with Crippen molar-refractivity contribution < 1.29 is 4.43 Å². The van der Waals surface area contributed by atoms with Gasteiger partial charge in [-0.15, -0.1) is 13.2 Å². The summed E-state index contributed by atoms with van der Waals surface area (Å²) in [4.78, 5) is 0. The fourth-order valence-corrected chi connectivity index (χ4v) is 1.10. The Morgan fingerprint density at radius 1 is 1.50 bits per heavy atom. The zero-order valence-electron chi connectivity index (χ0n) is 5.18. The van der Waals surface area contributed by atoms with Crippen LogP contribution in [0.3, 0.4) is 0 Å². The molecule has 1 radical (unpaired) electrons. The van der Waals surface area contributed by atoms with Crippen molar-refractivity contribution in [2.75, 3.05) is 6.61 Å². The maximum absolute atomic E-state index is 5.21. The van der Waals surface area contributed by atoms with Crippen LogP contribution in [-0.2, 0) is 4.43 Å². The van der Waals surface area contributed by atoms with Crippen molar-refractivity contribution in [1.82, 2.24) is 0 Å². The van der Waals surface area contributed by atoms with E-state index in [0.717, 1.165) is 6.61 Å². The maximum Gasteiger partial charge on any atom is 0.266 e. The van der Waals surface area contributed by atoms with Crippen LogP contribution in [0.5, 0.6) is 0 Å². The van der Waals surface area contributed by atoms with E-state index in [0.29, 0.717) is 0 Å². The molecule has 0 atom stereocenters. The summed E-state index contributed by atoms with van der Waals surface area (Å²) in [6.45, 7) is 9.93. The average Bonchev–Trinajstić information content (AvgIpc) is 1.83. The van der Waals surface area contributed by atoms with Gasteiger partial charge in [-0.1, -0.05) is 11.4 Å². The van der Waals surface area contributed by atoms with Crippen LogP contribution >= 0.6 is 0 Å². The van der Waals surface area contributed by atoms with E-state index in [1.807, 2.05) is 18.3 Å². The highest BCUT2D eigenvalue weighted by molar-refractivity contribution is 6.62. The largest absolute Gasteiger partial charge is 0.409 e. The summed E-state index contributed by atoms with van der Waals surface area (Å²) >= 11 is 0. The molecule has 8 heavy (non-hydrogen) atoms. The Morgan fingerprint density at radius 2 is 2.00 bits per heavy atom. The highest BCUT2D eigenvalue weighted by Crippen LogP contribution is 1.86. The first kappa shape index (κ1) is 7.66. The second-order valence-corrected chi connectivity index (χ2v) is 3.15. The van der Waals surface area contributed by atoms with E-state index in [1.54, 1.807) is 0 Å². The van der Waals surface area contributed by atoms with Crippen molar-refractivity contribution in [2.24, 2.45) is 0 Å². The molecule has 0 unspecified atom stereocenters. The molecule has 0 aliphatic rings. The maximum atomic E-state index is 5.21. The lowest BCUT2D eigenvalue weighted by atomic mass is 10.9. The van der Waals surface area contributed by atoms with Crippen molar-refractivity contribution >= 4 is 9.04 Å². The van der Waals surface area contributed by atoms with E-state index >= 15 is 0 Å². The van der Waals surface area contributed by atoms with Gasteiger partial charge in [0.05, 0.1) is 0 Å². The van der Waals surface area contributed by atoms with Gasteiger partial charge in [-0.05, 0) is 6.92 Å². The van der Waals surface area contributed by atoms with Crippen LogP contribution in [0, 0.1) is 0 Å². The van der Waals surface area contributed by atoms with Gasteiger partial charge in [0.1, 0.15) is 0 Å². The second kappa shape index (κ2) is 4.81. The number of hydrogen-bond donors (Lipinski definition) is 0. The highest BCUT2D eigenvalue weighted by Gasteiger charge is 1.97. The van der Waals surface area contributed by atoms with Crippen molar-refractivity contribution in [3.8, 4) is 0 Å². The van der Waals surface area contributed by atoms with Crippen LogP contribution in [0.2, 0.25) is 0 Å². The van der Waals surface area contributed by atoms with E-state index in [-0.39, 0.29) is 0 Å². The second-order valence-electron chi connectivity index (χ2n) is 1.24. The van der Waals surface area contributed by atoms with Gasteiger partial charge in [0.25, 0.3) is 9.04 Å². The molecular weight excluding hydrogens is 116 g/mol. The molecule has 0 aliphatic heterocycles. The first-order valence-corrected chi connectivity index (χ1v) is 4.16. The summed E-state index contributed by atoms with van der Waals surface area (Å²) < 4.78 is 5.21. The summed E-state index contributed by atoms with van der Waals surface area (Å²) in [7, 11) is -0.846. The fourth-order valence-electron chi connectivity index (χ4n) is 0.368. The summed E-state index contributed by atoms with van der Waals surface area (Å²) in [5.41, 5.74) is 3.64. The Balaban J connectivity index is 3.35. The normalized spacial score (nSPS) is 9.25. The topological polar surface area (TPSA) is 9.23 Å². The van der Waals surface area contributed by atoms with Crippen LogP contribution < -0.4 is 0 Å². The third kappa shape index (κ3) is 2.77. The zero-order valence-corrected chi connectivity index (χ0v) is 6.18. The molecular formula is C6H11OSi. The molecule has 0 amide bonds. The summed E-state index contributed by atoms with van der Waals surface area (Å²) in [5.74, 6) is 0. The standard InChI is InChI=1S/C6H11OSi/c1-4-7-8(5-2)6-3/h5-6H,2-4H2,1H3. The van der Waals surface area contributed by atoms with E-state index in [1.165, 1.54) is 0 Å². The van der Waals surface area contributed by atoms with Crippen LogP contribution in [-0.4, -0.2) is 15.6 Å². The van der Waals surface area contributed by atoms with Crippen LogP contribution in [0.25, 0.3) is 0 Å². The molecule has 1 nitrogen and oxygen atoms in total. The molecule has 0 heterocycles. The van der Waals surface area contributed by atoms with E-state index < -0.39 is 9.04 Å². The van der Waals surface area contributed by atoms with E-state index in [2.05, 4.69) is 13.2 Å². The third-order valence-corrected chi connectivity index (χ3v) is 2.14. The monoisotopic (exact) mass is 127 g/mol. The molecule has 0 saturated carbocycles. The lowest BCUT2D eigenvalue weighted by molar-refractivity contribution is 0.356. The predicted octanol–water partition coefficient (Wildman–Crippen LogP) is 1.46. The van der Waals surface area contributed by atoms with Crippen LogP contribution in [0.15, 0.2) is 24.6 Å². The van der Waals surface area contributed by atoms with Gasteiger partial charge in [-0.3, -0.25) is 0 Å². The first-order chi connectivity index (χ1) is 3.85. The fraction of sp³-hybridized carbons (Fsp3) is 0.333. The van der Waals surface area contributed by atoms with Crippen molar-refractivity contribution in [3.63, 3.8) is 0 Å². The minimum Gasteiger partial charge on any atom is -0.409 e. The van der Waals surface area contributed by atoms with Gasteiger partial charge in [0.2, 0.25) is 0 Å². The molecule has 2 heteroatoms. The molecule has 0 aromatic heterocycles. The minimum atomic E-state index is -0.846. The molecule has 0 rings (SSSR count). The van der Waals surface area contributed by atoms with E-state index in [4.69, 9.17) is 4.43 Å². The highest BCUT2D eigenvalue weighted by atomic mass is 28.3. The smallest absolute Gasteiger partial charge is 0.266 e. The van der Waals surface area contributed by atoms with Crippen LogP contribution in [0.4, 0.5) is 0 Å². The molecule has 0 N–H and O–H groups in total. The minimum absolute atomic E-state index is 0.756. The molecule has 45 valence electrons. The SMILES string of the molecule is C=C[Si](C=C)OCC. The van der Waals surface area contributed by atoms with Gasteiger partial charge in [0, 0.05) is 6.61 Å². The average molecular weight is 127 g/mol. The number of hydrogen-bond acceptors (Lipinski definition) is 1. The van der Waals surface area contributed by atoms with Crippen molar-refractivity contribution in [2.45, 2.75) is 6.92 Å². The molecule has 0 fully saturated rings. The lowest BCUT2D eigenvalue weighted by Crippen LogP contribution is -2.10. The van der Waals surface area contributed by atoms with Crippen LogP contribution in [0.1, 0.15) is 6.92 Å². The molecule has 0 saturated heterocycles. The van der Waals surface area contributed by atoms with Gasteiger partial charge >= 0.3 is 0 Å². The summed E-state index contributed by atoms with van der Waals surface area (Å²) in [5, 5.41) is 0. The molecule has 0 aromatic rings. The zero-order chi connectivity index (χ0) is 6.41. The summed E-state index contributed by atoms with van der Waals surface area (Å²) in [6, 6.07) is 0. The number of rotatable bonds is 4. The molecule has 0 bridgehead atoms. The Morgan fingerprint density at radius 3 is 2.12 bits per heavy atom. The lowest BCUT2D eigenvalue weighted by Gasteiger charge is -2.00. The van der Waals surface area contributed by atoms with Crippen molar-refractivity contribution in [3.05, 3.63) is 24.6 Å². The van der Waals surface area contributed by atoms with E-state index in [9.17, 15) is 0 Å². The molecule has 0 aliphatic carbocycles. The van der Waals surface area contributed by atoms with Crippen molar-refractivity contribution in [1.29, 1.82) is 0 Å². The van der Waals surface area contributed by atoms with Gasteiger partial charge < -0.3 is 4.43 Å². The Bertz CT molecular complexity index is 72.6. The van der Waals surface area contributed by atoms with Gasteiger partial charge in [0.15, 0.2) is 0 Å². The summed E-state index contributed by atoms with van der Waals surface area (Å²) in [6.07, 6.45) is 0. The first-order valence-electron chi connectivity index (χ1n) is 2.59. The third-order valence-electron chi connectivity index (χ3n) is 0.713. The quantitative estimate of drug-likeness (QED) is 0.520. The predicted molar refractivity (Wildman–Crippen MR) is 37.8 cm³/mol. The molecule has 0 spiro atoms. The van der Waals surface area contributed by atoms with Gasteiger partial charge in [-0.25, -0.2) is 0 Å². The Kier molecular flexibility index (Phi) is 4.60. The Hall–Kier alpha value is -0.343. The van der Waals surface area contributed by atoms with Gasteiger partial charge in [-0.2, -0.15) is 0 Å². The Labute approximate surface area is 52.4 Å². The molecule has 0 aromatic carbocycles.